The predicted octanol–water partition coefficient (Wildman–Crippen LogP) is 4.19. The molecule has 2 N–H and O–H groups in total. The molecule has 27 heavy (non-hydrogen) atoms. The molecule has 0 aliphatic heterocycles. The number of nitrogens with zero attached hydrogens (tertiary/aromatic N) is 1. The number of nitro groups is 1. The number of carbonyl (C=O) groups excluding carboxylic acids is 1. The Morgan fingerprint density at radius 2 is 2.04 bits per heavy atom. The number of aromatic amines is 1. The zero-order valence-electron chi connectivity index (χ0n) is 15.2. The van der Waals surface area contributed by atoms with Crippen LogP contribution < -0.4 is 5.32 Å². The molecule has 0 fully saturated rings. The van der Waals surface area contributed by atoms with Gasteiger partial charge in [-0.2, -0.15) is 0 Å². The van der Waals surface area contributed by atoms with E-state index >= 15 is 0 Å². The molecule has 0 atom stereocenters. The van der Waals surface area contributed by atoms with Crippen molar-refractivity contribution in [3.63, 3.8) is 0 Å². The molecule has 0 radical (unpaired) electrons. The highest BCUT2D eigenvalue weighted by atomic mass is 16.6. The first-order chi connectivity index (χ1) is 13.0. The summed E-state index contributed by atoms with van der Waals surface area (Å²) in [6.07, 6.45) is 4.64. The number of H-pyrrole nitrogens is 1. The Morgan fingerprint density at radius 3 is 2.85 bits per heavy atom. The van der Waals surface area contributed by atoms with Crippen molar-refractivity contribution >= 4 is 22.5 Å². The van der Waals surface area contributed by atoms with Gasteiger partial charge in [0.05, 0.1) is 4.92 Å². The lowest BCUT2D eigenvalue weighted by molar-refractivity contribution is -0.385. The molecule has 1 aromatic heterocycles. The second kappa shape index (κ2) is 6.87. The van der Waals surface area contributed by atoms with Gasteiger partial charge in [-0.25, -0.2) is 0 Å². The fraction of sp³-hybridized carbons (Fsp3) is 0.286. The normalized spacial score (nSPS) is 13.4. The predicted molar refractivity (Wildman–Crippen MR) is 104 cm³/mol. The number of fused-ring (bicyclic) bond motifs is 3. The fourth-order valence-electron chi connectivity index (χ4n) is 3.91. The summed E-state index contributed by atoms with van der Waals surface area (Å²) in [7, 11) is 0. The van der Waals surface area contributed by atoms with E-state index in [1.807, 2.05) is 6.07 Å². The topological polar surface area (TPSA) is 88.0 Å². The molecule has 0 spiro atoms. The minimum Gasteiger partial charge on any atom is -0.358 e. The van der Waals surface area contributed by atoms with Crippen molar-refractivity contribution in [3.8, 4) is 0 Å². The largest absolute Gasteiger partial charge is 0.358 e. The summed E-state index contributed by atoms with van der Waals surface area (Å²) < 4.78 is 0. The second-order valence-electron chi connectivity index (χ2n) is 7.06. The maximum atomic E-state index is 12.5. The van der Waals surface area contributed by atoms with E-state index in [2.05, 4.69) is 22.4 Å². The Morgan fingerprint density at radius 1 is 1.22 bits per heavy atom. The number of aryl methyl sites for hydroxylation is 2. The molecule has 1 heterocycles. The lowest BCUT2D eigenvalue weighted by Gasteiger charge is -2.11. The van der Waals surface area contributed by atoms with Crippen molar-refractivity contribution < 1.29 is 9.72 Å². The second-order valence-corrected chi connectivity index (χ2v) is 7.06. The van der Waals surface area contributed by atoms with E-state index in [4.69, 9.17) is 0 Å². The maximum absolute atomic E-state index is 12.5. The summed E-state index contributed by atoms with van der Waals surface area (Å²) in [5, 5.41) is 15.2. The Bertz CT molecular complexity index is 1050. The van der Waals surface area contributed by atoms with Gasteiger partial charge in [0.15, 0.2) is 0 Å². The van der Waals surface area contributed by atoms with Gasteiger partial charge in [0.1, 0.15) is 0 Å². The van der Waals surface area contributed by atoms with Crippen LogP contribution in [0.5, 0.6) is 0 Å². The van der Waals surface area contributed by atoms with E-state index in [9.17, 15) is 14.9 Å². The molecule has 1 aliphatic rings. The van der Waals surface area contributed by atoms with Crippen LogP contribution in [0, 0.1) is 17.0 Å². The summed E-state index contributed by atoms with van der Waals surface area (Å²) in [6.45, 7) is 1.99. The molecule has 6 heteroatoms. The van der Waals surface area contributed by atoms with Crippen molar-refractivity contribution in [2.45, 2.75) is 39.2 Å². The molecule has 0 saturated carbocycles. The van der Waals surface area contributed by atoms with E-state index in [0.29, 0.717) is 17.7 Å². The lowest BCUT2D eigenvalue weighted by atomic mass is 9.95. The van der Waals surface area contributed by atoms with E-state index < -0.39 is 4.92 Å². The fourth-order valence-corrected chi connectivity index (χ4v) is 3.91. The summed E-state index contributed by atoms with van der Waals surface area (Å²) in [5.41, 5.74) is 5.59. The number of carbonyl (C=O) groups is 1. The SMILES string of the molecule is Cc1c(C(=O)NCc2ccc3[nH]c4c(c3c2)CCCC4)cccc1[N+](=O)[O-]. The molecule has 0 bridgehead atoms. The van der Waals surface area contributed by atoms with E-state index in [1.54, 1.807) is 13.0 Å². The van der Waals surface area contributed by atoms with Crippen molar-refractivity contribution in [2.75, 3.05) is 0 Å². The zero-order chi connectivity index (χ0) is 19.0. The van der Waals surface area contributed by atoms with Crippen LogP contribution in [0.2, 0.25) is 0 Å². The molecule has 1 aliphatic carbocycles. The molecule has 6 nitrogen and oxygen atoms in total. The third-order valence-electron chi connectivity index (χ3n) is 5.36. The minimum absolute atomic E-state index is 0.0389. The summed E-state index contributed by atoms with van der Waals surface area (Å²) >= 11 is 0. The number of hydrogen-bond donors (Lipinski definition) is 2. The highest BCUT2D eigenvalue weighted by Gasteiger charge is 2.18. The number of hydrogen-bond acceptors (Lipinski definition) is 3. The number of nitro benzene ring substituents is 1. The zero-order valence-corrected chi connectivity index (χ0v) is 15.2. The Kier molecular flexibility index (Phi) is 4.39. The first-order valence-electron chi connectivity index (χ1n) is 9.19. The molecular weight excluding hydrogens is 342 g/mol. The first kappa shape index (κ1) is 17.3. The van der Waals surface area contributed by atoms with Crippen LogP contribution in [-0.4, -0.2) is 15.8 Å². The van der Waals surface area contributed by atoms with Gasteiger partial charge in [-0.15, -0.1) is 0 Å². The monoisotopic (exact) mass is 363 g/mol. The quantitative estimate of drug-likeness (QED) is 0.538. The van der Waals surface area contributed by atoms with Crippen LogP contribution in [-0.2, 0) is 19.4 Å². The van der Waals surface area contributed by atoms with Gasteiger partial charge in [0, 0.05) is 40.3 Å². The molecule has 3 aromatic rings. The molecule has 138 valence electrons. The number of rotatable bonds is 4. The average Bonchev–Trinajstić information content (AvgIpc) is 3.04. The molecule has 4 rings (SSSR count). The highest BCUT2D eigenvalue weighted by Crippen LogP contribution is 2.29. The maximum Gasteiger partial charge on any atom is 0.273 e. The lowest BCUT2D eigenvalue weighted by Crippen LogP contribution is -2.23. The summed E-state index contributed by atoms with van der Waals surface area (Å²) in [4.78, 5) is 26.6. The van der Waals surface area contributed by atoms with Crippen LogP contribution in [0.25, 0.3) is 10.9 Å². The molecule has 0 saturated heterocycles. The van der Waals surface area contributed by atoms with Gasteiger partial charge in [-0.3, -0.25) is 14.9 Å². The number of amides is 1. The van der Waals surface area contributed by atoms with Crippen LogP contribution in [0.15, 0.2) is 36.4 Å². The van der Waals surface area contributed by atoms with E-state index in [0.717, 1.165) is 23.9 Å². The number of nitrogens with one attached hydrogen (secondary N) is 2. The number of benzene rings is 2. The summed E-state index contributed by atoms with van der Waals surface area (Å²) in [5.74, 6) is -0.299. The van der Waals surface area contributed by atoms with Crippen molar-refractivity contribution in [1.82, 2.24) is 10.3 Å². The van der Waals surface area contributed by atoms with Crippen molar-refractivity contribution in [2.24, 2.45) is 0 Å². The molecule has 0 unspecified atom stereocenters. The van der Waals surface area contributed by atoms with Crippen LogP contribution in [0.4, 0.5) is 5.69 Å². The van der Waals surface area contributed by atoms with Crippen LogP contribution in [0.3, 0.4) is 0 Å². The molecule has 1 amide bonds. The van der Waals surface area contributed by atoms with Gasteiger partial charge in [-0.1, -0.05) is 12.1 Å². The third kappa shape index (κ3) is 3.18. The average molecular weight is 363 g/mol. The third-order valence-corrected chi connectivity index (χ3v) is 5.36. The highest BCUT2D eigenvalue weighted by molar-refractivity contribution is 5.96. The molecular formula is C21H21N3O3. The van der Waals surface area contributed by atoms with Crippen molar-refractivity contribution in [1.29, 1.82) is 0 Å². The van der Waals surface area contributed by atoms with Gasteiger partial charge in [-0.05, 0) is 61.9 Å². The van der Waals surface area contributed by atoms with Crippen molar-refractivity contribution in [3.05, 3.63) is 74.5 Å². The smallest absolute Gasteiger partial charge is 0.273 e. The van der Waals surface area contributed by atoms with Gasteiger partial charge >= 0.3 is 0 Å². The van der Waals surface area contributed by atoms with Crippen LogP contribution >= 0.6 is 0 Å². The van der Waals surface area contributed by atoms with Gasteiger partial charge in [0.2, 0.25) is 0 Å². The van der Waals surface area contributed by atoms with Crippen LogP contribution in [0.1, 0.15) is 45.6 Å². The van der Waals surface area contributed by atoms with E-state index in [-0.39, 0.29) is 11.6 Å². The molecule has 2 aromatic carbocycles. The van der Waals surface area contributed by atoms with Gasteiger partial charge < -0.3 is 10.3 Å². The van der Waals surface area contributed by atoms with Gasteiger partial charge in [0.25, 0.3) is 11.6 Å². The Balaban J connectivity index is 1.54. The standard InChI is InChI=1S/C21H21N3O3/c1-13-15(6-4-8-20(13)24(26)27)21(25)22-12-14-9-10-19-17(11-14)16-5-2-3-7-18(16)23-19/h4,6,8-11,23H,2-3,5,7,12H2,1H3,(H,22,25). The number of aromatic nitrogens is 1. The first-order valence-corrected chi connectivity index (χ1v) is 9.19. The Labute approximate surface area is 156 Å². The summed E-state index contributed by atoms with van der Waals surface area (Å²) in [6, 6.07) is 10.8. The minimum atomic E-state index is -0.463. The Hall–Kier alpha value is -3.15. The van der Waals surface area contributed by atoms with E-state index in [1.165, 1.54) is 41.6 Å².